The van der Waals surface area contributed by atoms with Crippen LogP contribution in [0.4, 0.5) is 0 Å². The fraction of sp³-hybridized carbons (Fsp3) is 0.167. The first kappa shape index (κ1) is 16.9. The fourth-order valence-corrected chi connectivity index (χ4v) is 3.23. The first-order valence-corrected chi connectivity index (χ1v) is 8.49. The molecular formula is C18H17N3O3S. The number of carbonyl (C=O) groups is 2. The number of ether oxygens (including phenoxy) is 1. The second kappa shape index (κ2) is 7.76. The van der Waals surface area contributed by atoms with Crippen molar-refractivity contribution >= 4 is 23.2 Å². The van der Waals surface area contributed by atoms with Crippen LogP contribution >= 0.6 is 11.3 Å². The number of esters is 1. The maximum absolute atomic E-state index is 12.3. The maximum atomic E-state index is 12.3. The molecule has 0 saturated carbocycles. The molecule has 1 aromatic carbocycles. The molecule has 3 rings (SSSR count). The summed E-state index contributed by atoms with van der Waals surface area (Å²) in [5, 5.41) is 7.11. The molecular weight excluding hydrogens is 338 g/mol. The largest absolute Gasteiger partial charge is 0.465 e. The Bertz CT molecular complexity index is 871. The summed E-state index contributed by atoms with van der Waals surface area (Å²) in [6, 6.07) is 13.0. The van der Waals surface area contributed by atoms with E-state index in [1.807, 2.05) is 41.2 Å². The number of rotatable bonds is 6. The Kier molecular flexibility index (Phi) is 5.25. The van der Waals surface area contributed by atoms with Gasteiger partial charge in [0.15, 0.2) is 0 Å². The van der Waals surface area contributed by atoms with Gasteiger partial charge < -0.3 is 10.1 Å². The zero-order valence-corrected chi connectivity index (χ0v) is 14.5. The van der Waals surface area contributed by atoms with Crippen molar-refractivity contribution < 1.29 is 14.3 Å². The maximum Gasteiger partial charge on any atom is 0.348 e. The van der Waals surface area contributed by atoms with Crippen LogP contribution in [0, 0.1) is 0 Å². The topological polar surface area (TPSA) is 73.2 Å². The molecule has 128 valence electrons. The van der Waals surface area contributed by atoms with Crippen LogP contribution in [0.1, 0.15) is 30.5 Å². The monoisotopic (exact) mass is 355 g/mol. The molecule has 2 aromatic heterocycles. The van der Waals surface area contributed by atoms with Gasteiger partial charge in [-0.05, 0) is 29.3 Å². The average Bonchev–Trinajstić information content (AvgIpc) is 3.32. The van der Waals surface area contributed by atoms with Crippen LogP contribution in [0.3, 0.4) is 0 Å². The Balaban J connectivity index is 1.66. The van der Waals surface area contributed by atoms with Crippen molar-refractivity contribution in [3.05, 3.63) is 75.7 Å². The van der Waals surface area contributed by atoms with Crippen LogP contribution in [0.5, 0.6) is 0 Å². The molecule has 1 N–H and O–H groups in total. The van der Waals surface area contributed by atoms with E-state index in [0.29, 0.717) is 22.8 Å². The van der Waals surface area contributed by atoms with Crippen LogP contribution in [0.2, 0.25) is 0 Å². The first-order valence-electron chi connectivity index (χ1n) is 7.68. The van der Waals surface area contributed by atoms with Crippen LogP contribution in [0.25, 0.3) is 0 Å². The Morgan fingerprint density at radius 2 is 1.88 bits per heavy atom. The Hall–Kier alpha value is -2.93. The first-order chi connectivity index (χ1) is 12.2. The van der Waals surface area contributed by atoms with Crippen molar-refractivity contribution in [3.8, 4) is 0 Å². The van der Waals surface area contributed by atoms with Crippen LogP contribution in [0.15, 0.2) is 54.9 Å². The van der Waals surface area contributed by atoms with Gasteiger partial charge in [-0.15, -0.1) is 11.3 Å². The zero-order valence-electron chi connectivity index (χ0n) is 13.6. The quantitative estimate of drug-likeness (QED) is 0.690. The van der Waals surface area contributed by atoms with Gasteiger partial charge in [0.1, 0.15) is 4.88 Å². The van der Waals surface area contributed by atoms with Crippen molar-refractivity contribution in [2.75, 3.05) is 7.11 Å². The van der Waals surface area contributed by atoms with E-state index in [1.54, 1.807) is 18.3 Å². The van der Waals surface area contributed by atoms with Gasteiger partial charge in [-0.2, -0.15) is 5.10 Å². The van der Waals surface area contributed by atoms with E-state index < -0.39 is 5.97 Å². The van der Waals surface area contributed by atoms with E-state index in [9.17, 15) is 9.59 Å². The van der Waals surface area contributed by atoms with Gasteiger partial charge in [-0.25, -0.2) is 4.79 Å². The predicted molar refractivity (Wildman–Crippen MR) is 94.6 cm³/mol. The molecule has 0 spiro atoms. The number of nitrogens with zero attached hydrogens (tertiary/aromatic N) is 2. The molecule has 0 fully saturated rings. The van der Waals surface area contributed by atoms with E-state index in [2.05, 4.69) is 15.2 Å². The molecule has 2 heterocycles. The van der Waals surface area contributed by atoms with Crippen molar-refractivity contribution in [3.63, 3.8) is 0 Å². The second-order valence-corrected chi connectivity index (χ2v) is 6.39. The Labute approximate surface area is 149 Å². The van der Waals surface area contributed by atoms with Gasteiger partial charge in [-0.3, -0.25) is 9.48 Å². The van der Waals surface area contributed by atoms with Crippen molar-refractivity contribution in [2.24, 2.45) is 0 Å². The van der Waals surface area contributed by atoms with E-state index in [0.717, 1.165) is 22.5 Å². The van der Waals surface area contributed by atoms with Gasteiger partial charge in [-0.1, -0.05) is 24.3 Å². The molecule has 0 bridgehead atoms. The minimum atomic E-state index is -0.436. The highest BCUT2D eigenvalue weighted by atomic mass is 32.1. The molecule has 0 saturated heterocycles. The highest BCUT2D eigenvalue weighted by Crippen LogP contribution is 2.18. The molecule has 0 atom stereocenters. The highest BCUT2D eigenvalue weighted by molar-refractivity contribution is 7.15. The summed E-state index contributed by atoms with van der Waals surface area (Å²) in [6.45, 7) is 1.05. The number of aromatic nitrogens is 2. The van der Waals surface area contributed by atoms with E-state index >= 15 is 0 Å². The number of nitrogens with one attached hydrogen (secondary N) is 1. The standard InChI is InChI=1S/C18H17N3O3S/c1-24-18(23)16-8-7-15(25-16)17(22)19-11-13-5-2-3-6-14(13)12-21-10-4-9-20-21/h2-10H,11-12H2,1H3,(H,19,22). The smallest absolute Gasteiger partial charge is 0.348 e. The van der Waals surface area contributed by atoms with Crippen LogP contribution in [-0.4, -0.2) is 28.8 Å². The van der Waals surface area contributed by atoms with Crippen LogP contribution < -0.4 is 5.32 Å². The lowest BCUT2D eigenvalue weighted by molar-refractivity contribution is 0.0606. The fourth-order valence-electron chi connectivity index (χ4n) is 2.39. The zero-order chi connectivity index (χ0) is 17.6. The van der Waals surface area contributed by atoms with Gasteiger partial charge in [0.25, 0.3) is 5.91 Å². The third-order valence-electron chi connectivity index (χ3n) is 3.67. The molecule has 3 aromatic rings. The lowest BCUT2D eigenvalue weighted by atomic mass is 10.1. The Morgan fingerprint density at radius 3 is 2.60 bits per heavy atom. The summed E-state index contributed by atoms with van der Waals surface area (Å²) in [5.41, 5.74) is 2.11. The molecule has 6 nitrogen and oxygen atoms in total. The number of methoxy groups -OCH3 is 1. The molecule has 1 amide bonds. The van der Waals surface area contributed by atoms with Gasteiger partial charge in [0, 0.05) is 18.9 Å². The lowest BCUT2D eigenvalue weighted by Gasteiger charge is -2.10. The molecule has 0 radical (unpaired) electrons. The van der Waals surface area contributed by atoms with Crippen LogP contribution in [-0.2, 0) is 17.8 Å². The molecule has 7 heteroatoms. The number of thiophene rings is 1. The van der Waals surface area contributed by atoms with Crippen molar-refractivity contribution in [1.29, 1.82) is 0 Å². The van der Waals surface area contributed by atoms with Crippen molar-refractivity contribution in [2.45, 2.75) is 13.1 Å². The third kappa shape index (κ3) is 4.13. The molecule has 0 aliphatic rings. The summed E-state index contributed by atoms with van der Waals surface area (Å²) in [5.74, 6) is -0.650. The SMILES string of the molecule is COC(=O)c1ccc(C(=O)NCc2ccccc2Cn2cccn2)s1. The highest BCUT2D eigenvalue weighted by Gasteiger charge is 2.14. The van der Waals surface area contributed by atoms with E-state index in [4.69, 9.17) is 0 Å². The minimum absolute atomic E-state index is 0.214. The third-order valence-corrected chi connectivity index (χ3v) is 4.73. The summed E-state index contributed by atoms with van der Waals surface area (Å²) >= 11 is 1.12. The summed E-state index contributed by atoms with van der Waals surface area (Å²) < 4.78 is 6.49. The minimum Gasteiger partial charge on any atom is -0.465 e. The number of amides is 1. The molecule has 25 heavy (non-hydrogen) atoms. The molecule has 0 unspecified atom stereocenters. The van der Waals surface area contributed by atoms with E-state index in [-0.39, 0.29) is 5.91 Å². The summed E-state index contributed by atoms with van der Waals surface area (Å²) in [4.78, 5) is 24.7. The van der Waals surface area contributed by atoms with Gasteiger partial charge >= 0.3 is 5.97 Å². The van der Waals surface area contributed by atoms with Gasteiger partial charge in [0.05, 0.1) is 18.5 Å². The number of benzene rings is 1. The summed E-state index contributed by atoms with van der Waals surface area (Å²) in [6.07, 6.45) is 3.63. The second-order valence-electron chi connectivity index (χ2n) is 5.31. The Morgan fingerprint density at radius 1 is 1.12 bits per heavy atom. The van der Waals surface area contributed by atoms with Crippen molar-refractivity contribution in [1.82, 2.24) is 15.1 Å². The number of hydrogen-bond donors (Lipinski definition) is 1. The molecule has 0 aliphatic heterocycles. The predicted octanol–water partition coefficient (Wildman–Crippen LogP) is 2.71. The number of hydrogen-bond acceptors (Lipinski definition) is 5. The van der Waals surface area contributed by atoms with E-state index in [1.165, 1.54) is 7.11 Å². The average molecular weight is 355 g/mol. The normalized spacial score (nSPS) is 10.4. The lowest BCUT2D eigenvalue weighted by Crippen LogP contribution is -2.22. The van der Waals surface area contributed by atoms with Gasteiger partial charge in [0.2, 0.25) is 0 Å². The number of carbonyl (C=O) groups excluding carboxylic acids is 2. The molecule has 0 aliphatic carbocycles. The summed E-state index contributed by atoms with van der Waals surface area (Å²) in [7, 11) is 1.32.